The van der Waals surface area contributed by atoms with Gasteiger partial charge in [0.2, 0.25) is 11.8 Å². The Balaban J connectivity index is 1.54. The molecule has 0 bridgehead atoms. The Morgan fingerprint density at radius 1 is 1.25 bits per heavy atom. The van der Waals surface area contributed by atoms with Gasteiger partial charge in [-0.1, -0.05) is 13.0 Å². The number of hydrogen-bond donors (Lipinski definition) is 3. The number of aromatic amines is 1. The van der Waals surface area contributed by atoms with Crippen LogP contribution in [0.1, 0.15) is 29.7 Å². The fourth-order valence-electron chi connectivity index (χ4n) is 3.70. The van der Waals surface area contributed by atoms with Gasteiger partial charge in [0.15, 0.2) is 0 Å². The van der Waals surface area contributed by atoms with Crippen LogP contribution in [0, 0.1) is 0 Å². The Kier molecular flexibility index (Phi) is 5.37. The molecule has 3 N–H and O–H groups in total. The number of rotatable bonds is 6. The van der Waals surface area contributed by atoms with Crippen LogP contribution in [0.15, 0.2) is 35.3 Å². The molecule has 28 heavy (non-hydrogen) atoms. The molecule has 1 aliphatic rings. The molecule has 1 fully saturated rings. The zero-order valence-corrected chi connectivity index (χ0v) is 16.9. The number of halogens is 1. The van der Waals surface area contributed by atoms with Gasteiger partial charge in [-0.2, -0.15) is 0 Å². The summed E-state index contributed by atoms with van der Waals surface area (Å²) in [6.45, 7) is 1.96. The first-order valence-electron chi connectivity index (χ1n) is 9.20. The number of carbonyl (C=O) groups excluding carboxylic acids is 2. The topological polar surface area (TPSA) is 86.9 Å². The highest BCUT2D eigenvalue weighted by molar-refractivity contribution is 7.07. The van der Waals surface area contributed by atoms with Crippen LogP contribution in [0.2, 0.25) is 0 Å². The predicted molar refractivity (Wildman–Crippen MR) is 111 cm³/mol. The van der Waals surface area contributed by atoms with Crippen LogP contribution in [-0.2, 0) is 22.4 Å². The van der Waals surface area contributed by atoms with E-state index in [0.29, 0.717) is 12.3 Å². The van der Waals surface area contributed by atoms with E-state index in [1.54, 1.807) is 5.51 Å². The molecule has 146 valence electrons. The van der Waals surface area contributed by atoms with E-state index >= 15 is 0 Å². The fourth-order valence-corrected chi connectivity index (χ4v) is 4.49. The summed E-state index contributed by atoms with van der Waals surface area (Å²) in [4.78, 5) is 32.8. The minimum absolute atomic E-state index is 0.168. The molecular formula is C20H21ClN4O2S. The predicted octanol–water partition coefficient (Wildman–Crippen LogP) is 2.74. The van der Waals surface area contributed by atoms with Crippen LogP contribution in [-0.4, -0.2) is 39.7 Å². The average Bonchev–Trinajstić information content (AvgIpc) is 3.33. The van der Waals surface area contributed by atoms with Crippen LogP contribution in [0.5, 0.6) is 0 Å². The molecular weight excluding hydrogens is 396 g/mol. The van der Waals surface area contributed by atoms with E-state index in [4.69, 9.17) is 11.6 Å². The normalized spacial score (nSPS) is 20.8. The number of nitrogens with zero attached hydrogens (tertiary/aromatic N) is 1. The summed E-state index contributed by atoms with van der Waals surface area (Å²) in [5, 5.41) is 8.72. The van der Waals surface area contributed by atoms with Gasteiger partial charge in [-0.3, -0.25) is 9.59 Å². The van der Waals surface area contributed by atoms with E-state index in [-0.39, 0.29) is 17.7 Å². The lowest BCUT2D eigenvalue weighted by Crippen LogP contribution is -2.63. The number of hydrogen-bond acceptors (Lipinski definition) is 4. The second kappa shape index (κ2) is 7.93. The van der Waals surface area contributed by atoms with Crippen molar-refractivity contribution in [2.45, 2.75) is 37.8 Å². The van der Waals surface area contributed by atoms with Crippen molar-refractivity contribution in [2.75, 3.05) is 5.88 Å². The smallest absolute Gasteiger partial charge is 0.243 e. The molecule has 0 unspecified atom stereocenters. The second-order valence-corrected chi connectivity index (χ2v) is 8.18. The fraction of sp³-hybridized carbons (Fsp3) is 0.350. The lowest BCUT2D eigenvalue weighted by Gasteiger charge is -2.32. The molecule has 1 aromatic carbocycles. The van der Waals surface area contributed by atoms with Gasteiger partial charge in [-0.15, -0.1) is 22.9 Å². The van der Waals surface area contributed by atoms with Gasteiger partial charge in [0.1, 0.15) is 12.1 Å². The molecule has 0 aliphatic carbocycles. The van der Waals surface area contributed by atoms with Crippen molar-refractivity contribution in [2.24, 2.45) is 0 Å². The summed E-state index contributed by atoms with van der Waals surface area (Å²) in [7, 11) is 0. The summed E-state index contributed by atoms with van der Waals surface area (Å²) >= 11 is 7.34. The third-order valence-electron chi connectivity index (χ3n) is 5.26. The van der Waals surface area contributed by atoms with E-state index in [9.17, 15) is 9.59 Å². The first-order chi connectivity index (χ1) is 13.6. The van der Waals surface area contributed by atoms with Crippen molar-refractivity contribution in [3.63, 3.8) is 0 Å². The number of H-pyrrole nitrogens is 1. The lowest BCUT2D eigenvalue weighted by molar-refractivity contribution is -0.137. The molecule has 1 aliphatic heterocycles. The Labute approximate surface area is 171 Å². The number of carbonyl (C=O) groups is 2. The maximum atomic E-state index is 12.7. The molecule has 8 heteroatoms. The Hall–Kier alpha value is -2.38. The van der Waals surface area contributed by atoms with Crippen molar-refractivity contribution >= 4 is 45.7 Å². The summed E-state index contributed by atoms with van der Waals surface area (Å²) in [6.07, 6.45) is 3.10. The number of piperazine rings is 1. The number of alkyl halides is 1. The monoisotopic (exact) mass is 416 g/mol. The standard InChI is InChI=1S/C20H21ClN4O2S/c1-11(15-8-22-16-3-2-12(4-5-21)6-14(15)16)18-20(27)24-17(19(26)25-18)7-13-9-28-10-23-13/h2-3,6,8-11,17-18,22H,4-5,7H2,1H3,(H,24,27)(H,25,26)/t11-,17+,18-/m1/s1. The highest BCUT2D eigenvalue weighted by Crippen LogP contribution is 2.30. The minimum Gasteiger partial charge on any atom is -0.361 e. The van der Waals surface area contributed by atoms with Gasteiger partial charge in [0.25, 0.3) is 0 Å². The maximum absolute atomic E-state index is 12.7. The van der Waals surface area contributed by atoms with E-state index in [1.807, 2.05) is 30.6 Å². The lowest BCUT2D eigenvalue weighted by atomic mass is 9.89. The molecule has 3 atom stereocenters. The molecule has 1 saturated heterocycles. The molecule has 3 aromatic rings. The third kappa shape index (κ3) is 3.64. The number of fused-ring (bicyclic) bond motifs is 1. The number of nitrogens with one attached hydrogen (secondary N) is 3. The average molecular weight is 417 g/mol. The SMILES string of the molecule is C[C@H](c1c[nH]c2ccc(CCCl)cc12)[C@H]1NC(=O)[C@H](Cc2cscn2)NC1=O. The molecule has 2 amide bonds. The quantitative estimate of drug-likeness (QED) is 0.540. The van der Waals surface area contributed by atoms with Crippen molar-refractivity contribution in [1.29, 1.82) is 0 Å². The van der Waals surface area contributed by atoms with E-state index in [2.05, 4.69) is 26.7 Å². The summed E-state index contributed by atoms with van der Waals surface area (Å²) < 4.78 is 0. The van der Waals surface area contributed by atoms with Gasteiger partial charge in [0.05, 0.1) is 11.2 Å². The van der Waals surface area contributed by atoms with Crippen molar-refractivity contribution in [3.05, 3.63) is 52.1 Å². The van der Waals surface area contributed by atoms with Crippen LogP contribution >= 0.6 is 22.9 Å². The highest BCUT2D eigenvalue weighted by Gasteiger charge is 2.38. The number of amides is 2. The summed E-state index contributed by atoms with van der Waals surface area (Å²) in [5.41, 5.74) is 5.68. The van der Waals surface area contributed by atoms with Gasteiger partial charge < -0.3 is 15.6 Å². The largest absolute Gasteiger partial charge is 0.361 e. The second-order valence-electron chi connectivity index (χ2n) is 7.08. The maximum Gasteiger partial charge on any atom is 0.243 e. The first-order valence-corrected chi connectivity index (χ1v) is 10.7. The zero-order chi connectivity index (χ0) is 19.7. The number of aromatic nitrogens is 2. The summed E-state index contributed by atoms with van der Waals surface area (Å²) in [6, 6.07) is 4.98. The number of thiazole rings is 1. The third-order valence-corrected chi connectivity index (χ3v) is 6.09. The molecule has 4 rings (SSSR count). The van der Waals surface area contributed by atoms with E-state index < -0.39 is 12.1 Å². The van der Waals surface area contributed by atoms with Gasteiger partial charge in [0, 0.05) is 40.7 Å². The summed E-state index contributed by atoms with van der Waals surface area (Å²) in [5.74, 6) is 0.0392. The van der Waals surface area contributed by atoms with Crippen LogP contribution in [0.3, 0.4) is 0 Å². The Morgan fingerprint density at radius 2 is 2.11 bits per heavy atom. The number of benzene rings is 1. The van der Waals surface area contributed by atoms with Crippen LogP contribution in [0.25, 0.3) is 10.9 Å². The zero-order valence-electron chi connectivity index (χ0n) is 15.4. The van der Waals surface area contributed by atoms with Crippen LogP contribution in [0.4, 0.5) is 0 Å². The molecule has 3 heterocycles. The van der Waals surface area contributed by atoms with Crippen LogP contribution < -0.4 is 10.6 Å². The van der Waals surface area contributed by atoms with E-state index in [1.165, 1.54) is 11.3 Å². The number of aryl methyl sites for hydroxylation is 1. The molecule has 0 spiro atoms. The van der Waals surface area contributed by atoms with E-state index in [0.717, 1.165) is 34.1 Å². The van der Waals surface area contributed by atoms with Gasteiger partial charge in [-0.25, -0.2) is 4.98 Å². The Bertz CT molecular complexity index is 1000. The van der Waals surface area contributed by atoms with Crippen molar-refractivity contribution < 1.29 is 9.59 Å². The molecule has 0 saturated carbocycles. The molecule has 0 radical (unpaired) electrons. The highest BCUT2D eigenvalue weighted by atomic mass is 35.5. The Morgan fingerprint density at radius 3 is 2.86 bits per heavy atom. The molecule has 2 aromatic heterocycles. The van der Waals surface area contributed by atoms with Gasteiger partial charge >= 0.3 is 0 Å². The molecule has 6 nitrogen and oxygen atoms in total. The van der Waals surface area contributed by atoms with Gasteiger partial charge in [-0.05, 0) is 29.7 Å². The van der Waals surface area contributed by atoms with Crippen molar-refractivity contribution in [1.82, 2.24) is 20.6 Å². The van der Waals surface area contributed by atoms with Crippen molar-refractivity contribution in [3.8, 4) is 0 Å². The minimum atomic E-state index is -0.616. The first kappa shape index (κ1) is 19.0.